The van der Waals surface area contributed by atoms with E-state index in [-0.39, 0.29) is 23.2 Å². The molecule has 0 saturated heterocycles. The minimum atomic E-state index is -4.71. The van der Waals surface area contributed by atoms with Gasteiger partial charge in [0.25, 0.3) is 0 Å². The van der Waals surface area contributed by atoms with E-state index in [1.807, 2.05) is 0 Å². The van der Waals surface area contributed by atoms with E-state index in [0.717, 1.165) is 0 Å². The number of Topliss-reactive ketones (excluding diaryl/α,β-unsaturated/α-hetero) is 1. The predicted octanol–water partition coefficient (Wildman–Crippen LogP) is 7.09. The number of fused-ring (bicyclic) bond motifs is 2. The summed E-state index contributed by atoms with van der Waals surface area (Å²) in [5, 5.41) is 0.590. The van der Waals surface area contributed by atoms with Gasteiger partial charge in [-0.15, -0.1) is 0 Å². The van der Waals surface area contributed by atoms with E-state index in [2.05, 4.69) is 9.97 Å². The first-order chi connectivity index (χ1) is 16.6. The second-order valence-corrected chi connectivity index (χ2v) is 8.64. The largest absolute Gasteiger partial charge is 0.423 e. The number of H-pyrrole nitrogens is 1. The zero-order valence-electron chi connectivity index (χ0n) is 17.5. The molecule has 0 amide bonds. The van der Waals surface area contributed by atoms with Crippen LogP contribution < -0.4 is 5.63 Å². The van der Waals surface area contributed by atoms with Crippen LogP contribution in [-0.4, -0.2) is 15.8 Å². The van der Waals surface area contributed by atoms with Crippen LogP contribution in [0.15, 0.2) is 69.9 Å². The number of alkyl halides is 3. The number of benzene rings is 3. The molecule has 0 aliphatic heterocycles. The molecule has 5 aromatic rings. The first-order valence-electron chi connectivity index (χ1n) is 10.2. The van der Waals surface area contributed by atoms with Crippen molar-refractivity contribution in [3.05, 3.63) is 97.8 Å². The molecule has 5 nitrogen and oxygen atoms in total. The molecule has 0 bridgehead atoms. The van der Waals surface area contributed by atoms with Crippen molar-refractivity contribution in [3.8, 4) is 11.4 Å². The minimum absolute atomic E-state index is 0.112. The number of nitrogens with zero attached hydrogens (tertiary/aromatic N) is 1. The number of halogens is 5. The molecule has 0 radical (unpaired) electrons. The van der Waals surface area contributed by atoms with Gasteiger partial charge < -0.3 is 9.40 Å². The van der Waals surface area contributed by atoms with Gasteiger partial charge in [-0.1, -0.05) is 41.4 Å². The molecular formula is C25H13Cl2F3N2O3. The summed E-state index contributed by atoms with van der Waals surface area (Å²) >= 11 is 12.5. The molecule has 176 valence electrons. The molecular weight excluding hydrogens is 504 g/mol. The van der Waals surface area contributed by atoms with E-state index in [0.29, 0.717) is 49.7 Å². The highest BCUT2D eigenvalue weighted by Gasteiger charge is 2.33. The molecule has 2 heterocycles. The lowest BCUT2D eigenvalue weighted by atomic mass is 10.0. The third-order valence-corrected chi connectivity index (χ3v) is 6.11. The van der Waals surface area contributed by atoms with Gasteiger partial charge in [0.05, 0.1) is 32.2 Å². The maximum absolute atomic E-state index is 13.3. The average molecular weight is 517 g/mol. The van der Waals surface area contributed by atoms with Crippen LogP contribution in [0.5, 0.6) is 0 Å². The SMILES string of the molecule is O=C(Cc1ccc2c(C(F)(F)F)cc(=O)oc2c1)c1ccc2nc(-c3c(Cl)cccc3Cl)[nH]c2c1. The summed E-state index contributed by atoms with van der Waals surface area (Å²) in [5.41, 5.74) is 0.0481. The van der Waals surface area contributed by atoms with E-state index in [4.69, 9.17) is 27.6 Å². The first-order valence-corrected chi connectivity index (χ1v) is 11.0. The van der Waals surface area contributed by atoms with Gasteiger partial charge in [-0.2, -0.15) is 13.2 Å². The Morgan fingerprint density at radius 3 is 2.46 bits per heavy atom. The maximum Gasteiger partial charge on any atom is 0.417 e. The minimum Gasteiger partial charge on any atom is -0.423 e. The van der Waals surface area contributed by atoms with Crippen molar-refractivity contribution in [2.24, 2.45) is 0 Å². The van der Waals surface area contributed by atoms with Crippen LogP contribution in [0.25, 0.3) is 33.4 Å². The van der Waals surface area contributed by atoms with Gasteiger partial charge in [-0.25, -0.2) is 9.78 Å². The number of imidazole rings is 1. The topological polar surface area (TPSA) is 76.0 Å². The number of hydrogen-bond acceptors (Lipinski definition) is 4. The molecule has 5 rings (SSSR count). The van der Waals surface area contributed by atoms with Gasteiger partial charge in [0, 0.05) is 23.4 Å². The summed E-state index contributed by atoms with van der Waals surface area (Å²) in [4.78, 5) is 32.1. The van der Waals surface area contributed by atoms with Gasteiger partial charge in [-0.3, -0.25) is 4.79 Å². The molecule has 0 spiro atoms. The number of carbonyl (C=O) groups is 1. The van der Waals surface area contributed by atoms with Gasteiger partial charge in [0.15, 0.2) is 5.78 Å². The van der Waals surface area contributed by atoms with Gasteiger partial charge >= 0.3 is 11.8 Å². The number of ketones is 1. The van der Waals surface area contributed by atoms with E-state index >= 15 is 0 Å². The molecule has 0 aliphatic carbocycles. The second-order valence-electron chi connectivity index (χ2n) is 7.82. The van der Waals surface area contributed by atoms with Crippen molar-refractivity contribution in [2.45, 2.75) is 12.6 Å². The fourth-order valence-electron chi connectivity index (χ4n) is 3.86. The quantitative estimate of drug-likeness (QED) is 0.204. The number of nitrogens with one attached hydrogen (secondary N) is 1. The molecule has 0 atom stereocenters. The number of aromatic amines is 1. The highest BCUT2D eigenvalue weighted by molar-refractivity contribution is 6.39. The van der Waals surface area contributed by atoms with Crippen LogP contribution in [0.3, 0.4) is 0 Å². The fraction of sp³-hybridized carbons (Fsp3) is 0.0800. The van der Waals surface area contributed by atoms with Gasteiger partial charge in [0.2, 0.25) is 0 Å². The Balaban J connectivity index is 1.46. The van der Waals surface area contributed by atoms with Crippen molar-refractivity contribution in [2.75, 3.05) is 0 Å². The summed E-state index contributed by atoms with van der Waals surface area (Å²) in [6.45, 7) is 0. The molecule has 10 heteroatoms. The Hall–Kier alpha value is -3.62. The van der Waals surface area contributed by atoms with Crippen molar-refractivity contribution in [1.82, 2.24) is 9.97 Å². The van der Waals surface area contributed by atoms with Crippen LogP contribution in [0.4, 0.5) is 13.2 Å². The zero-order valence-corrected chi connectivity index (χ0v) is 19.1. The Labute approximate surface area is 205 Å². The molecule has 3 aromatic carbocycles. The third kappa shape index (κ3) is 4.42. The van der Waals surface area contributed by atoms with Gasteiger partial charge in [0.1, 0.15) is 11.4 Å². The Morgan fingerprint density at radius 2 is 1.74 bits per heavy atom. The van der Waals surface area contributed by atoms with E-state index in [9.17, 15) is 22.8 Å². The number of aromatic nitrogens is 2. The zero-order chi connectivity index (χ0) is 24.9. The second kappa shape index (κ2) is 8.55. The summed E-state index contributed by atoms with van der Waals surface area (Å²) in [5.74, 6) is 0.165. The monoisotopic (exact) mass is 516 g/mol. The lowest BCUT2D eigenvalue weighted by molar-refractivity contribution is -0.136. The summed E-state index contributed by atoms with van der Waals surface area (Å²) < 4.78 is 44.7. The maximum atomic E-state index is 13.3. The average Bonchev–Trinajstić information content (AvgIpc) is 3.20. The number of hydrogen-bond donors (Lipinski definition) is 1. The van der Waals surface area contributed by atoms with Crippen LogP contribution in [0.2, 0.25) is 10.0 Å². The molecule has 0 aliphatic rings. The molecule has 2 aromatic heterocycles. The summed E-state index contributed by atoms with van der Waals surface area (Å²) in [6, 6.07) is 14.3. The summed E-state index contributed by atoms with van der Waals surface area (Å²) in [7, 11) is 0. The fourth-order valence-corrected chi connectivity index (χ4v) is 4.44. The third-order valence-electron chi connectivity index (χ3n) is 5.48. The lowest BCUT2D eigenvalue weighted by Gasteiger charge is -2.10. The smallest absolute Gasteiger partial charge is 0.417 e. The van der Waals surface area contributed by atoms with E-state index in [1.165, 1.54) is 18.2 Å². The van der Waals surface area contributed by atoms with Gasteiger partial charge in [-0.05, 0) is 42.0 Å². The standard InChI is InChI=1S/C25H13Cl2F3N2O3/c26-16-2-1-3-17(27)23(16)24-31-18-7-5-13(10-19(18)32-24)20(33)8-12-4-6-14-15(25(28,29)30)11-22(34)35-21(14)9-12/h1-7,9-11H,8H2,(H,31,32). The number of rotatable bonds is 4. The van der Waals surface area contributed by atoms with Crippen LogP contribution in [0.1, 0.15) is 21.5 Å². The molecule has 0 fully saturated rings. The molecule has 0 unspecified atom stereocenters. The van der Waals surface area contributed by atoms with E-state index in [1.54, 1.807) is 36.4 Å². The number of carbonyl (C=O) groups excluding carboxylic acids is 1. The van der Waals surface area contributed by atoms with Crippen molar-refractivity contribution in [3.63, 3.8) is 0 Å². The van der Waals surface area contributed by atoms with Crippen molar-refractivity contribution >= 4 is 51.0 Å². The highest BCUT2D eigenvalue weighted by Crippen LogP contribution is 2.35. The Bertz CT molecular complexity index is 1670. The molecule has 35 heavy (non-hydrogen) atoms. The first kappa shape index (κ1) is 23.1. The molecule has 1 N–H and O–H groups in total. The van der Waals surface area contributed by atoms with Crippen LogP contribution >= 0.6 is 23.2 Å². The van der Waals surface area contributed by atoms with Crippen LogP contribution in [0, 0.1) is 0 Å². The lowest BCUT2D eigenvalue weighted by Crippen LogP contribution is -2.11. The van der Waals surface area contributed by atoms with Crippen molar-refractivity contribution in [1.29, 1.82) is 0 Å². The van der Waals surface area contributed by atoms with Crippen LogP contribution in [-0.2, 0) is 12.6 Å². The normalized spacial score (nSPS) is 11.9. The highest BCUT2D eigenvalue weighted by atomic mass is 35.5. The summed E-state index contributed by atoms with van der Waals surface area (Å²) in [6.07, 6.45) is -4.82. The Kier molecular flexibility index (Phi) is 5.65. The Morgan fingerprint density at radius 1 is 1.00 bits per heavy atom. The predicted molar refractivity (Wildman–Crippen MR) is 127 cm³/mol. The van der Waals surface area contributed by atoms with E-state index < -0.39 is 17.4 Å². The van der Waals surface area contributed by atoms with Crippen molar-refractivity contribution < 1.29 is 22.4 Å². The molecule has 0 saturated carbocycles.